The summed E-state index contributed by atoms with van der Waals surface area (Å²) in [6.45, 7) is 3.72. The van der Waals surface area contributed by atoms with Gasteiger partial charge in [-0.25, -0.2) is 0 Å². The quantitative estimate of drug-likeness (QED) is 0.567. The number of non-ortho nitro benzene ring substituents is 1. The Morgan fingerprint density at radius 2 is 1.94 bits per heavy atom. The molecule has 1 unspecified atom stereocenters. The molecule has 16 heavy (non-hydrogen) atoms. The monoisotopic (exact) mass is 221 g/mol. The first-order valence-corrected chi connectivity index (χ1v) is 5.30. The molecule has 1 aromatic carbocycles. The lowest BCUT2D eigenvalue weighted by Gasteiger charge is -2.08. The van der Waals surface area contributed by atoms with Crippen molar-refractivity contribution < 1.29 is 9.72 Å². The average molecular weight is 221 g/mol. The van der Waals surface area contributed by atoms with Crippen LogP contribution in [-0.4, -0.2) is 10.7 Å². The lowest BCUT2D eigenvalue weighted by Crippen LogP contribution is -2.12. The zero-order chi connectivity index (χ0) is 12.1. The lowest BCUT2D eigenvalue weighted by atomic mass is 9.96. The Labute approximate surface area is 94.4 Å². The second-order valence-corrected chi connectivity index (χ2v) is 3.85. The molecule has 0 saturated heterocycles. The van der Waals surface area contributed by atoms with Crippen LogP contribution in [0.4, 0.5) is 5.69 Å². The molecule has 0 radical (unpaired) electrons. The zero-order valence-electron chi connectivity index (χ0n) is 9.47. The highest BCUT2D eigenvalue weighted by atomic mass is 16.6. The van der Waals surface area contributed by atoms with Gasteiger partial charge in [0.05, 0.1) is 4.92 Å². The highest BCUT2D eigenvalue weighted by Crippen LogP contribution is 2.15. The van der Waals surface area contributed by atoms with Crippen LogP contribution in [0.25, 0.3) is 0 Å². The molecule has 0 N–H and O–H groups in total. The number of ketones is 1. The van der Waals surface area contributed by atoms with Crippen LogP contribution in [-0.2, 0) is 11.2 Å². The van der Waals surface area contributed by atoms with E-state index in [-0.39, 0.29) is 17.4 Å². The summed E-state index contributed by atoms with van der Waals surface area (Å²) in [5.41, 5.74) is 1.04. The number of rotatable bonds is 5. The highest BCUT2D eigenvalue weighted by Gasteiger charge is 2.12. The van der Waals surface area contributed by atoms with Crippen LogP contribution >= 0.6 is 0 Å². The Hall–Kier alpha value is -1.71. The SMILES string of the molecule is CCC(=O)C(C)Cc1ccc([N+](=O)[O-])cc1. The van der Waals surface area contributed by atoms with E-state index in [9.17, 15) is 14.9 Å². The number of nitro benzene ring substituents is 1. The number of carbonyl (C=O) groups is 1. The van der Waals surface area contributed by atoms with Crippen molar-refractivity contribution in [2.45, 2.75) is 26.7 Å². The lowest BCUT2D eigenvalue weighted by molar-refractivity contribution is -0.384. The smallest absolute Gasteiger partial charge is 0.269 e. The van der Waals surface area contributed by atoms with Gasteiger partial charge in [0, 0.05) is 24.5 Å². The molecule has 86 valence electrons. The fourth-order valence-corrected chi connectivity index (χ4v) is 1.57. The molecule has 0 saturated carbocycles. The van der Waals surface area contributed by atoms with E-state index in [1.165, 1.54) is 12.1 Å². The van der Waals surface area contributed by atoms with Crippen LogP contribution in [0.3, 0.4) is 0 Å². The average Bonchev–Trinajstić information content (AvgIpc) is 2.28. The molecule has 4 heteroatoms. The zero-order valence-corrected chi connectivity index (χ0v) is 9.47. The number of Topliss-reactive ketones (excluding diaryl/α,β-unsaturated/α-hetero) is 1. The normalized spacial score (nSPS) is 12.1. The molecule has 0 aromatic heterocycles. The van der Waals surface area contributed by atoms with Crippen molar-refractivity contribution in [3.63, 3.8) is 0 Å². The summed E-state index contributed by atoms with van der Waals surface area (Å²) in [5, 5.41) is 10.4. The molecule has 1 aromatic rings. The van der Waals surface area contributed by atoms with Gasteiger partial charge in [-0.3, -0.25) is 14.9 Å². The Morgan fingerprint density at radius 3 is 2.38 bits per heavy atom. The Balaban J connectivity index is 2.68. The van der Waals surface area contributed by atoms with Crippen molar-refractivity contribution in [1.29, 1.82) is 0 Å². The van der Waals surface area contributed by atoms with E-state index in [1.807, 2.05) is 13.8 Å². The number of nitro groups is 1. The van der Waals surface area contributed by atoms with E-state index < -0.39 is 4.92 Å². The molecule has 0 aliphatic heterocycles. The van der Waals surface area contributed by atoms with Gasteiger partial charge in [-0.05, 0) is 12.0 Å². The fourth-order valence-electron chi connectivity index (χ4n) is 1.57. The van der Waals surface area contributed by atoms with Crippen LogP contribution in [0.2, 0.25) is 0 Å². The molecule has 0 heterocycles. The van der Waals surface area contributed by atoms with Gasteiger partial charge in [0.1, 0.15) is 5.78 Å². The van der Waals surface area contributed by atoms with E-state index in [2.05, 4.69) is 0 Å². The van der Waals surface area contributed by atoms with Crippen molar-refractivity contribution in [2.75, 3.05) is 0 Å². The maximum Gasteiger partial charge on any atom is 0.269 e. The van der Waals surface area contributed by atoms with Gasteiger partial charge in [-0.15, -0.1) is 0 Å². The molecule has 4 nitrogen and oxygen atoms in total. The van der Waals surface area contributed by atoms with Crippen LogP contribution in [0.5, 0.6) is 0 Å². The molecule has 0 spiro atoms. The summed E-state index contributed by atoms with van der Waals surface area (Å²) in [5.74, 6) is 0.199. The molecule has 0 aliphatic rings. The Morgan fingerprint density at radius 1 is 1.38 bits per heavy atom. The van der Waals surface area contributed by atoms with Gasteiger partial charge in [-0.1, -0.05) is 26.0 Å². The number of nitrogens with zero attached hydrogens (tertiary/aromatic N) is 1. The van der Waals surface area contributed by atoms with Gasteiger partial charge in [0.15, 0.2) is 0 Å². The van der Waals surface area contributed by atoms with Crippen LogP contribution < -0.4 is 0 Å². The minimum atomic E-state index is -0.426. The molecule has 0 bridgehead atoms. The second-order valence-electron chi connectivity index (χ2n) is 3.85. The summed E-state index contributed by atoms with van der Waals surface area (Å²) in [7, 11) is 0. The maximum atomic E-state index is 11.4. The first-order chi connectivity index (χ1) is 7.54. The fraction of sp³-hybridized carbons (Fsp3) is 0.417. The molecular formula is C12H15NO3. The summed E-state index contributed by atoms with van der Waals surface area (Å²) >= 11 is 0. The predicted molar refractivity (Wildman–Crippen MR) is 61.3 cm³/mol. The van der Waals surface area contributed by atoms with E-state index in [4.69, 9.17) is 0 Å². The number of hydrogen-bond donors (Lipinski definition) is 0. The van der Waals surface area contributed by atoms with Crippen molar-refractivity contribution >= 4 is 11.5 Å². The molecule has 0 fully saturated rings. The number of hydrogen-bond acceptors (Lipinski definition) is 3. The second kappa shape index (κ2) is 5.39. The van der Waals surface area contributed by atoms with Crippen LogP contribution in [0, 0.1) is 16.0 Å². The molecular weight excluding hydrogens is 206 g/mol. The van der Waals surface area contributed by atoms with Crippen LogP contribution in [0.1, 0.15) is 25.8 Å². The topological polar surface area (TPSA) is 60.2 Å². The minimum absolute atomic E-state index is 0.0218. The van der Waals surface area contributed by atoms with Crippen molar-refractivity contribution in [3.8, 4) is 0 Å². The first-order valence-electron chi connectivity index (χ1n) is 5.30. The van der Waals surface area contributed by atoms with E-state index in [1.54, 1.807) is 12.1 Å². The van der Waals surface area contributed by atoms with Gasteiger partial charge in [0.2, 0.25) is 0 Å². The largest absolute Gasteiger partial charge is 0.299 e. The predicted octanol–water partition coefficient (Wildman–Crippen LogP) is 2.75. The summed E-state index contributed by atoms with van der Waals surface area (Å²) in [6.07, 6.45) is 1.18. The first kappa shape index (κ1) is 12.4. The van der Waals surface area contributed by atoms with Crippen LogP contribution in [0.15, 0.2) is 24.3 Å². The highest BCUT2D eigenvalue weighted by molar-refractivity contribution is 5.80. The van der Waals surface area contributed by atoms with Gasteiger partial charge < -0.3 is 0 Å². The third kappa shape index (κ3) is 3.15. The van der Waals surface area contributed by atoms with Gasteiger partial charge >= 0.3 is 0 Å². The van der Waals surface area contributed by atoms with Crippen molar-refractivity contribution in [3.05, 3.63) is 39.9 Å². The standard InChI is InChI=1S/C12H15NO3/c1-3-12(14)9(2)8-10-4-6-11(7-5-10)13(15)16/h4-7,9H,3,8H2,1-2H3. The third-order valence-electron chi connectivity index (χ3n) is 2.59. The molecule has 0 aliphatic carbocycles. The number of benzene rings is 1. The molecule has 1 rings (SSSR count). The molecule has 0 amide bonds. The minimum Gasteiger partial charge on any atom is -0.299 e. The Bertz CT molecular complexity index is 384. The third-order valence-corrected chi connectivity index (χ3v) is 2.59. The van der Waals surface area contributed by atoms with Crippen molar-refractivity contribution in [1.82, 2.24) is 0 Å². The van der Waals surface area contributed by atoms with Crippen molar-refractivity contribution in [2.24, 2.45) is 5.92 Å². The maximum absolute atomic E-state index is 11.4. The van der Waals surface area contributed by atoms with E-state index in [0.29, 0.717) is 12.8 Å². The summed E-state index contributed by atoms with van der Waals surface area (Å²) < 4.78 is 0. The van der Waals surface area contributed by atoms with Gasteiger partial charge in [0.25, 0.3) is 5.69 Å². The number of carbonyl (C=O) groups excluding carboxylic acids is 1. The molecule has 1 atom stereocenters. The van der Waals surface area contributed by atoms with E-state index in [0.717, 1.165) is 5.56 Å². The van der Waals surface area contributed by atoms with Gasteiger partial charge in [-0.2, -0.15) is 0 Å². The summed E-state index contributed by atoms with van der Waals surface area (Å²) in [6, 6.07) is 6.35. The summed E-state index contributed by atoms with van der Waals surface area (Å²) in [4.78, 5) is 21.4. The Kier molecular flexibility index (Phi) is 4.17. The van der Waals surface area contributed by atoms with E-state index >= 15 is 0 Å².